The van der Waals surface area contributed by atoms with Gasteiger partial charge in [0, 0.05) is 18.5 Å². The second kappa shape index (κ2) is 5.11. The Labute approximate surface area is 73.1 Å². The van der Waals surface area contributed by atoms with Crippen molar-refractivity contribution in [2.75, 3.05) is 13.2 Å². The Morgan fingerprint density at radius 2 is 2.25 bits per heavy atom. The Morgan fingerprint density at radius 3 is 2.58 bits per heavy atom. The summed E-state index contributed by atoms with van der Waals surface area (Å²) < 4.78 is 0. The van der Waals surface area contributed by atoms with Crippen molar-refractivity contribution in [3.8, 4) is 0 Å². The van der Waals surface area contributed by atoms with Crippen molar-refractivity contribution >= 4 is 5.91 Å². The molecule has 72 valence electrons. The molecule has 1 unspecified atom stereocenters. The fourth-order valence-corrected chi connectivity index (χ4v) is 0.780. The number of hydrogen-bond donors (Lipinski definition) is 3. The van der Waals surface area contributed by atoms with Crippen LogP contribution in [0, 0.1) is 0 Å². The van der Waals surface area contributed by atoms with Crippen molar-refractivity contribution in [2.45, 2.75) is 32.2 Å². The lowest BCUT2D eigenvalue weighted by atomic mass is 10.0. The van der Waals surface area contributed by atoms with Crippen LogP contribution in [0.15, 0.2) is 0 Å². The summed E-state index contributed by atoms with van der Waals surface area (Å²) in [6, 6.07) is 0. The molecule has 1 atom stereocenters. The number of hydrogen-bond acceptors (Lipinski definition) is 3. The van der Waals surface area contributed by atoms with Crippen LogP contribution in [0.1, 0.15) is 26.7 Å². The van der Waals surface area contributed by atoms with Crippen LogP contribution in [0.3, 0.4) is 0 Å². The van der Waals surface area contributed by atoms with E-state index in [1.165, 1.54) is 0 Å². The first-order chi connectivity index (χ1) is 5.54. The van der Waals surface area contributed by atoms with Crippen LogP contribution in [-0.2, 0) is 4.79 Å². The van der Waals surface area contributed by atoms with Crippen LogP contribution in [-0.4, -0.2) is 29.7 Å². The minimum Gasteiger partial charge on any atom is -0.394 e. The van der Waals surface area contributed by atoms with E-state index in [4.69, 9.17) is 10.8 Å². The Bertz CT molecular complexity index is 144. The molecule has 0 saturated carbocycles. The van der Waals surface area contributed by atoms with Crippen LogP contribution >= 0.6 is 0 Å². The molecule has 4 N–H and O–H groups in total. The van der Waals surface area contributed by atoms with E-state index in [0.29, 0.717) is 13.0 Å². The molecule has 0 aromatic carbocycles. The average molecular weight is 174 g/mol. The second-order valence-electron chi connectivity index (χ2n) is 3.22. The normalized spacial score (nSPS) is 15.6. The first kappa shape index (κ1) is 11.4. The summed E-state index contributed by atoms with van der Waals surface area (Å²) >= 11 is 0. The van der Waals surface area contributed by atoms with Crippen LogP contribution in [0.25, 0.3) is 0 Å². The van der Waals surface area contributed by atoms with Gasteiger partial charge in [-0.3, -0.25) is 4.79 Å². The van der Waals surface area contributed by atoms with Crippen LogP contribution in [0.4, 0.5) is 0 Å². The summed E-state index contributed by atoms with van der Waals surface area (Å²) in [6.45, 7) is 4.49. The smallest absolute Gasteiger partial charge is 0.218 e. The van der Waals surface area contributed by atoms with Gasteiger partial charge in [0.25, 0.3) is 0 Å². The number of nitrogens with two attached hydrogens (primary N) is 1. The lowest BCUT2D eigenvalue weighted by Gasteiger charge is -2.26. The van der Waals surface area contributed by atoms with Gasteiger partial charge in [-0.15, -0.1) is 0 Å². The third kappa shape index (κ3) is 4.31. The monoisotopic (exact) mass is 174 g/mol. The highest BCUT2D eigenvalue weighted by Crippen LogP contribution is 2.06. The fourth-order valence-electron chi connectivity index (χ4n) is 0.780. The maximum absolute atomic E-state index is 10.4. The van der Waals surface area contributed by atoms with Gasteiger partial charge in [-0.2, -0.15) is 0 Å². The molecule has 0 fully saturated rings. The van der Waals surface area contributed by atoms with E-state index in [0.717, 1.165) is 6.42 Å². The van der Waals surface area contributed by atoms with Crippen molar-refractivity contribution in [3.63, 3.8) is 0 Å². The number of amides is 1. The molecule has 4 nitrogen and oxygen atoms in total. The molecular weight excluding hydrogens is 156 g/mol. The Kier molecular flexibility index (Phi) is 4.85. The molecular formula is C8H18N2O2. The Hall–Kier alpha value is -0.610. The number of nitrogens with one attached hydrogen (secondary N) is 1. The minimum atomic E-state index is -0.320. The molecule has 0 radical (unpaired) electrons. The van der Waals surface area contributed by atoms with Gasteiger partial charge in [0.15, 0.2) is 0 Å². The number of rotatable bonds is 6. The third-order valence-electron chi connectivity index (χ3n) is 2.05. The maximum atomic E-state index is 10.4. The summed E-state index contributed by atoms with van der Waals surface area (Å²) in [4.78, 5) is 10.4. The zero-order valence-corrected chi connectivity index (χ0v) is 7.76. The summed E-state index contributed by atoms with van der Waals surface area (Å²) in [6.07, 6.45) is 1.14. The molecule has 0 saturated heterocycles. The lowest BCUT2D eigenvalue weighted by Crippen LogP contribution is -2.46. The van der Waals surface area contributed by atoms with E-state index < -0.39 is 0 Å². The van der Waals surface area contributed by atoms with Gasteiger partial charge in [-0.05, 0) is 13.3 Å². The third-order valence-corrected chi connectivity index (χ3v) is 2.05. The molecule has 0 aromatic rings. The first-order valence-electron chi connectivity index (χ1n) is 4.18. The standard InChI is InChI=1S/C8H18N2O2/c1-3-8(2,6-11)10-5-4-7(9)12/h10-11H,3-6H2,1-2H3,(H2,9,12). The predicted octanol–water partition coefficient (Wildman–Crippen LogP) is -0.388. The molecule has 0 aliphatic heterocycles. The second-order valence-corrected chi connectivity index (χ2v) is 3.22. The van der Waals surface area contributed by atoms with Gasteiger partial charge in [-0.1, -0.05) is 6.92 Å². The van der Waals surface area contributed by atoms with Gasteiger partial charge in [-0.25, -0.2) is 0 Å². The number of carbonyl (C=O) groups excluding carboxylic acids is 1. The summed E-state index contributed by atoms with van der Waals surface area (Å²) in [5.41, 5.74) is 4.68. The van der Waals surface area contributed by atoms with Crippen molar-refractivity contribution in [1.29, 1.82) is 0 Å². The lowest BCUT2D eigenvalue weighted by molar-refractivity contribution is -0.118. The summed E-state index contributed by atoms with van der Waals surface area (Å²) in [7, 11) is 0. The van der Waals surface area contributed by atoms with Crippen LogP contribution in [0.5, 0.6) is 0 Å². The molecule has 12 heavy (non-hydrogen) atoms. The highest BCUT2D eigenvalue weighted by atomic mass is 16.3. The Balaban J connectivity index is 3.65. The fraction of sp³-hybridized carbons (Fsp3) is 0.875. The zero-order valence-electron chi connectivity index (χ0n) is 7.76. The topological polar surface area (TPSA) is 75.3 Å². The number of aliphatic hydroxyl groups is 1. The highest BCUT2D eigenvalue weighted by molar-refractivity contribution is 5.73. The SMILES string of the molecule is CCC(C)(CO)NCCC(N)=O. The first-order valence-corrected chi connectivity index (χ1v) is 4.18. The predicted molar refractivity (Wildman–Crippen MR) is 47.6 cm³/mol. The van der Waals surface area contributed by atoms with E-state index in [9.17, 15) is 4.79 Å². The minimum absolute atomic E-state index is 0.0717. The number of carbonyl (C=O) groups is 1. The van der Waals surface area contributed by atoms with Crippen molar-refractivity contribution in [2.24, 2.45) is 5.73 Å². The summed E-state index contributed by atoms with van der Waals surface area (Å²) in [5.74, 6) is -0.320. The van der Waals surface area contributed by atoms with Crippen LogP contribution in [0.2, 0.25) is 0 Å². The van der Waals surface area contributed by atoms with E-state index in [1.54, 1.807) is 0 Å². The molecule has 0 aliphatic carbocycles. The molecule has 4 heteroatoms. The molecule has 0 heterocycles. The number of aliphatic hydroxyl groups excluding tert-OH is 1. The molecule has 0 aliphatic rings. The average Bonchev–Trinajstić information content (AvgIpc) is 2.03. The quantitative estimate of drug-likeness (QED) is 0.513. The molecule has 0 rings (SSSR count). The van der Waals surface area contributed by atoms with Crippen LogP contribution < -0.4 is 11.1 Å². The van der Waals surface area contributed by atoms with E-state index in [1.807, 2.05) is 13.8 Å². The van der Waals surface area contributed by atoms with Gasteiger partial charge in [0.1, 0.15) is 0 Å². The molecule has 0 bridgehead atoms. The van der Waals surface area contributed by atoms with E-state index >= 15 is 0 Å². The maximum Gasteiger partial charge on any atom is 0.218 e. The van der Waals surface area contributed by atoms with Crippen molar-refractivity contribution in [3.05, 3.63) is 0 Å². The van der Waals surface area contributed by atoms with Gasteiger partial charge in [0.2, 0.25) is 5.91 Å². The molecule has 0 spiro atoms. The molecule has 0 aromatic heterocycles. The largest absolute Gasteiger partial charge is 0.394 e. The highest BCUT2D eigenvalue weighted by Gasteiger charge is 2.19. The number of primary amides is 1. The Morgan fingerprint density at radius 1 is 1.67 bits per heavy atom. The van der Waals surface area contributed by atoms with Crippen molar-refractivity contribution in [1.82, 2.24) is 5.32 Å². The molecule has 1 amide bonds. The van der Waals surface area contributed by atoms with Gasteiger partial charge >= 0.3 is 0 Å². The van der Waals surface area contributed by atoms with E-state index in [-0.39, 0.29) is 18.1 Å². The zero-order chi connectivity index (χ0) is 9.61. The van der Waals surface area contributed by atoms with Gasteiger partial charge < -0.3 is 16.2 Å². The summed E-state index contributed by atoms with van der Waals surface area (Å²) in [5, 5.41) is 12.0. The van der Waals surface area contributed by atoms with Crippen molar-refractivity contribution < 1.29 is 9.90 Å². The van der Waals surface area contributed by atoms with E-state index in [2.05, 4.69) is 5.32 Å². The van der Waals surface area contributed by atoms with Gasteiger partial charge in [0.05, 0.1) is 6.61 Å².